The van der Waals surface area contributed by atoms with E-state index in [0.29, 0.717) is 21.8 Å². The first-order chi connectivity index (χ1) is 9.12. The van der Waals surface area contributed by atoms with E-state index in [-0.39, 0.29) is 0 Å². The molecule has 0 fully saturated rings. The van der Waals surface area contributed by atoms with Crippen LogP contribution in [0.1, 0.15) is 11.1 Å². The van der Waals surface area contributed by atoms with Crippen LogP contribution in [0.15, 0.2) is 53.5 Å². The van der Waals surface area contributed by atoms with Gasteiger partial charge >= 0.3 is 0 Å². The highest BCUT2D eigenvalue weighted by atomic mass is 35.5. The lowest BCUT2D eigenvalue weighted by Crippen LogP contribution is -2.52. The molecule has 1 atom stereocenters. The number of fused-ring (bicyclic) bond motifs is 1. The molecular formula is C14H12ClN3O. The highest BCUT2D eigenvalue weighted by molar-refractivity contribution is 6.30. The van der Waals surface area contributed by atoms with Gasteiger partial charge in [0.25, 0.3) is 0 Å². The van der Waals surface area contributed by atoms with E-state index < -0.39 is 5.72 Å². The number of halogens is 1. The minimum Gasteiger partial charge on any atom is -0.362 e. The van der Waals surface area contributed by atoms with Gasteiger partial charge in [0.2, 0.25) is 5.72 Å². The van der Waals surface area contributed by atoms with Crippen LogP contribution in [0.2, 0.25) is 5.02 Å². The Morgan fingerprint density at radius 2 is 1.89 bits per heavy atom. The summed E-state index contributed by atoms with van der Waals surface area (Å²) in [4.78, 5) is 4.19. The molecule has 96 valence electrons. The molecule has 0 radical (unpaired) electrons. The quantitative estimate of drug-likeness (QED) is 0.784. The Kier molecular flexibility index (Phi) is 2.78. The van der Waals surface area contributed by atoms with Gasteiger partial charge in [0.1, 0.15) is 6.34 Å². The molecule has 3 rings (SSSR count). The molecule has 0 aliphatic carbocycles. The molecule has 1 aliphatic heterocycles. The van der Waals surface area contributed by atoms with E-state index in [1.807, 2.05) is 30.3 Å². The van der Waals surface area contributed by atoms with Crippen molar-refractivity contribution in [1.82, 2.24) is 5.01 Å². The Labute approximate surface area is 115 Å². The normalized spacial score (nSPS) is 21.3. The Morgan fingerprint density at radius 1 is 1.16 bits per heavy atom. The molecule has 2 aromatic rings. The molecule has 0 spiro atoms. The molecule has 0 bridgehead atoms. The van der Waals surface area contributed by atoms with E-state index in [2.05, 4.69) is 4.99 Å². The highest BCUT2D eigenvalue weighted by Gasteiger charge is 2.40. The first kappa shape index (κ1) is 12.2. The van der Waals surface area contributed by atoms with Crippen molar-refractivity contribution in [3.63, 3.8) is 0 Å². The van der Waals surface area contributed by atoms with Crippen LogP contribution in [0.25, 0.3) is 0 Å². The molecule has 2 aromatic carbocycles. The van der Waals surface area contributed by atoms with Crippen molar-refractivity contribution in [3.05, 3.63) is 64.7 Å². The van der Waals surface area contributed by atoms with E-state index in [9.17, 15) is 5.11 Å². The second-order valence-corrected chi connectivity index (χ2v) is 4.79. The third kappa shape index (κ3) is 1.81. The van der Waals surface area contributed by atoms with Crippen LogP contribution < -0.4 is 5.84 Å². The molecule has 3 N–H and O–H groups in total. The van der Waals surface area contributed by atoms with Crippen molar-refractivity contribution in [2.75, 3.05) is 0 Å². The number of nitrogens with zero attached hydrogens (tertiary/aromatic N) is 2. The largest absolute Gasteiger partial charge is 0.362 e. The number of hydrazine groups is 1. The number of aliphatic imine (C=N–C) groups is 1. The van der Waals surface area contributed by atoms with Gasteiger partial charge in [-0.2, -0.15) is 0 Å². The zero-order valence-corrected chi connectivity index (χ0v) is 10.7. The van der Waals surface area contributed by atoms with Crippen molar-refractivity contribution in [1.29, 1.82) is 0 Å². The van der Waals surface area contributed by atoms with Gasteiger partial charge in [-0.25, -0.2) is 10.8 Å². The van der Waals surface area contributed by atoms with Gasteiger partial charge in [-0.15, -0.1) is 0 Å². The third-order valence-electron chi connectivity index (χ3n) is 3.21. The van der Waals surface area contributed by atoms with Gasteiger partial charge < -0.3 is 5.11 Å². The molecule has 19 heavy (non-hydrogen) atoms. The maximum atomic E-state index is 11.0. The molecule has 1 aliphatic rings. The average Bonchev–Trinajstić information content (AvgIpc) is 2.44. The van der Waals surface area contributed by atoms with Crippen LogP contribution in [0, 0.1) is 0 Å². The topological polar surface area (TPSA) is 61.8 Å². The van der Waals surface area contributed by atoms with Crippen molar-refractivity contribution in [2.24, 2.45) is 10.8 Å². The summed E-state index contributed by atoms with van der Waals surface area (Å²) in [7, 11) is 0. The van der Waals surface area contributed by atoms with Crippen LogP contribution in [0.5, 0.6) is 0 Å². The number of hydrogen-bond acceptors (Lipinski definition) is 4. The predicted octanol–water partition coefficient (Wildman–Crippen LogP) is 2.38. The molecular weight excluding hydrogens is 262 g/mol. The zero-order valence-electron chi connectivity index (χ0n) is 9.99. The maximum absolute atomic E-state index is 11.0. The molecule has 0 aromatic heterocycles. The first-order valence-electron chi connectivity index (χ1n) is 5.78. The molecule has 5 heteroatoms. The fraction of sp³-hybridized carbons (Fsp3) is 0.0714. The van der Waals surface area contributed by atoms with Crippen molar-refractivity contribution in [2.45, 2.75) is 5.72 Å². The van der Waals surface area contributed by atoms with E-state index in [1.165, 1.54) is 11.3 Å². The lowest BCUT2D eigenvalue weighted by atomic mass is 9.91. The zero-order chi connectivity index (χ0) is 13.5. The van der Waals surface area contributed by atoms with Crippen LogP contribution in [0.4, 0.5) is 5.69 Å². The third-order valence-corrected chi connectivity index (χ3v) is 3.44. The van der Waals surface area contributed by atoms with Gasteiger partial charge in [-0.05, 0) is 18.2 Å². The van der Waals surface area contributed by atoms with E-state index in [0.717, 1.165) is 0 Å². The molecule has 1 heterocycles. The van der Waals surface area contributed by atoms with E-state index in [4.69, 9.17) is 17.4 Å². The Morgan fingerprint density at radius 3 is 2.63 bits per heavy atom. The van der Waals surface area contributed by atoms with Crippen molar-refractivity contribution >= 4 is 23.6 Å². The average molecular weight is 274 g/mol. The SMILES string of the molecule is NN1C=Nc2ccc(Cl)cc2[C@]1(O)c1ccccc1. The Hall–Kier alpha value is -1.88. The van der Waals surface area contributed by atoms with E-state index >= 15 is 0 Å². The van der Waals surface area contributed by atoms with Crippen LogP contribution >= 0.6 is 11.6 Å². The lowest BCUT2D eigenvalue weighted by molar-refractivity contribution is -0.0373. The van der Waals surface area contributed by atoms with Crippen LogP contribution in [-0.4, -0.2) is 16.5 Å². The van der Waals surface area contributed by atoms with Crippen molar-refractivity contribution in [3.8, 4) is 0 Å². The summed E-state index contributed by atoms with van der Waals surface area (Å²) in [6.07, 6.45) is 1.41. The predicted molar refractivity (Wildman–Crippen MR) is 75.1 cm³/mol. The van der Waals surface area contributed by atoms with E-state index in [1.54, 1.807) is 18.2 Å². The molecule has 0 unspecified atom stereocenters. The summed E-state index contributed by atoms with van der Waals surface area (Å²) in [5.41, 5.74) is 0.407. The second kappa shape index (κ2) is 4.35. The summed E-state index contributed by atoms with van der Waals surface area (Å²) in [6.45, 7) is 0. The standard InChI is InChI=1S/C14H12ClN3O/c15-11-6-7-13-12(8-11)14(19,18(16)9-17-13)10-4-2-1-3-5-10/h1-9,19H,16H2/t14-/m1/s1. The van der Waals surface area contributed by atoms with Crippen molar-refractivity contribution < 1.29 is 5.11 Å². The summed E-state index contributed by atoms with van der Waals surface area (Å²) in [5.74, 6) is 5.90. The summed E-state index contributed by atoms with van der Waals surface area (Å²) in [6, 6.07) is 14.4. The van der Waals surface area contributed by atoms with Gasteiger partial charge in [-0.1, -0.05) is 41.9 Å². The Balaban J connectivity index is 2.26. The lowest BCUT2D eigenvalue weighted by Gasteiger charge is -2.39. The summed E-state index contributed by atoms with van der Waals surface area (Å²) < 4.78 is 0. The summed E-state index contributed by atoms with van der Waals surface area (Å²) in [5, 5.41) is 12.7. The first-order valence-corrected chi connectivity index (χ1v) is 6.16. The number of rotatable bonds is 1. The van der Waals surface area contributed by atoms with Crippen LogP contribution in [0.3, 0.4) is 0 Å². The number of aliphatic hydroxyl groups is 1. The fourth-order valence-corrected chi connectivity index (χ4v) is 2.39. The monoisotopic (exact) mass is 273 g/mol. The molecule has 0 amide bonds. The molecule has 0 saturated heterocycles. The number of hydrogen-bond donors (Lipinski definition) is 2. The number of benzene rings is 2. The van der Waals surface area contributed by atoms with Gasteiger partial charge in [-0.3, -0.25) is 5.01 Å². The van der Waals surface area contributed by atoms with Gasteiger partial charge in [0.05, 0.1) is 5.69 Å². The summed E-state index contributed by atoms with van der Waals surface area (Å²) >= 11 is 6.02. The number of nitrogens with two attached hydrogens (primary N) is 1. The molecule has 4 nitrogen and oxygen atoms in total. The Bertz CT molecular complexity index is 644. The van der Waals surface area contributed by atoms with Crippen LogP contribution in [-0.2, 0) is 5.72 Å². The highest BCUT2D eigenvalue weighted by Crippen LogP contribution is 2.40. The second-order valence-electron chi connectivity index (χ2n) is 4.35. The van der Waals surface area contributed by atoms with Gasteiger partial charge in [0.15, 0.2) is 0 Å². The maximum Gasteiger partial charge on any atom is 0.207 e. The minimum atomic E-state index is -1.47. The fourth-order valence-electron chi connectivity index (χ4n) is 2.22. The smallest absolute Gasteiger partial charge is 0.207 e. The minimum absolute atomic E-state index is 0.526. The van der Waals surface area contributed by atoms with Gasteiger partial charge in [0, 0.05) is 16.1 Å². The molecule has 0 saturated carbocycles.